The summed E-state index contributed by atoms with van der Waals surface area (Å²) in [5, 5.41) is 16.2. The van der Waals surface area contributed by atoms with Crippen LogP contribution in [0.1, 0.15) is 82.3 Å². The Hall–Kier alpha value is -5.80. The van der Waals surface area contributed by atoms with Gasteiger partial charge in [-0.05, 0) is 106 Å². The van der Waals surface area contributed by atoms with Crippen molar-refractivity contribution in [2.45, 2.75) is 83.5 Å². The predicted octanol–water partition coefficient (Wildman–Crippen LogP) is 6.05. The standard InChI is InChI=1S/C42H42N6O6/c1-24-5-6-28(38-26(3)45-54-27(38)4)19-36(24)47(30-9-7-29(8-10-30)42(23-43)16-17-42)21-25(2)53-32-15-18-46(22-32)31-11-12-33-34(20-31)41(52)48(40(33)51)35-13-14-37(49)44-39(35)50/h5-12,19-20,25,32,35H,13-18,21-22H2,1-4H3,(H,44,49,50)/t25?,32-,35?/m0/s1. The molecule has 2 saturated heterocycles. The third-order valence-corrected chi connectivity index (χ3v) is 11.3. The minimum Gasteiger partial charge on any atom is -0.372 e. The van der Waals surface area contributed by atoms with Crippen molar-refractivity contribution in [3.63, 3.8) is 0 Å². The van der Waals surface area contributed by atoms with E-state index in [0.717, 1.165) is 74.9 Å². The topological polar surface area (TPSA) is 149 Å². The first-order valence-corrected chi connectivity index (χ1v) is 18.6. The number of amides is 4. The zero-order valence-electron chi connectivity index (χ0n) is 30.8. The predicted molar refractivity (Wildman–Crippen MR) is 200 cm³/mol. The summed E-state index contributed by atoms with van der Waals surface area (Å²) in [6.45, 7) is 9.93. The van der Waals surface area contributed by atoms with Crippen LogP contribution in [0.5, 0.6) is 0 Å². The Balaban J connectivity index is 0.995. The molecule has 4 aliphatic rings. The van der Waals surface area contributed by atoms with Crippen molar-refractivity contribution in [2.24, 2.45) is 0 Å². The zero-order valence-corrected chi connectivity index (χ0v) is 30.8. The van der Waals surface area contributed by atoms with Gasteiger partial charge in [0.2, 0.25) is 11.8 Å². The zero-order chi connectivity index (χ0) is 37.9. The lowest BCUT2D eigenvalue weighted by atomic mass is 9.97. The van der Waals surface area contributed by atoms with Gasteiger partial charge in [-0.3, -0.25) is 29.4 Å². The summed E-state index contributed by atoms with van der Waals surface area (Å²) in [7, 11) is 0. The number of carbonyl (C=O) groups excluding carboxylic acids is 4. The van der Waals surface area contributed by atoms with Crippen molar-refractivity contribution >= 4 is 40.7 Å². The first-order chi connectivity index (χ1) is 26.0. The van der Waals surface area contributed by atoms with Gasteiger partial charge in [0.05, 0.1) is 40.5 Å². The third kappa shape index (κ3) is 6.22. The summed E-state index contributed by atoms with van der Waals surface area (Å²) in [5.41, 5.74) is 7.97. The van der Waals surface area contributed by atoms with Crippen molar-refractivity contribution in [1.82, 2.24) is 15.4 Å². The van der Waals surface area contributed by atoms with Gasteiger partial charge in [-0.2, -0.15) is 5.26 Å². The van der Waals surface area contributed by atoms with Crippen LogP contribution in [-0.2, 0) is 19.7 Å². The Morgan fingerprint density at radius 1 is 1.00 bits per heavy atom. The van der Waals surface area contributed by atoms with Crippen LogP contribution in [0.2, 0.25) is 0 Å². The van der Waals surface area contributed by atoms with Crippen LogP contribution >= 0.6 is 0 Å². The number of aromatic nitrogens is 1. The number of benzene rings is 3. The normalized spacial score (nSPS) is 20.9. The highest BCUT2D eigenvalue weighted by molar-refractivity contribution is 6.23. The molecule has 3 aliphatic heterocycles. The van der Waals surface area contributed by atoms with Gasteiger partial charge >= 0.3 is 0 Å². The van der Waals surface area contributed by atoms with Gasteiger partial charge in [0.25, 0.3) is 11.8 Å². The first kappa shape index (κ1) is 35.2. The molecule has 12 heteroatoms. The molecule has 4 heterocycles. The van der Waals surface area contributed by atoms with Gasteiger partial charge in [0, 0.05) is 48.7 Å². The second-order valence-electron chi connectivity index (χ2n) is 15.0. The number of nitriles is 1. The minimum absolute atomic E-state index is 0.0735. The van der Waals surface area contributed by atoms with Crippen LogP contribution in [0.4, 0.5) is 17.1 Å². The second kappa shape index (κ2) is 13.6. The maximum absolute atomic E-state index is 13.4. The number of rotatable bonds is 10. The fourth-order valence-electron chi connectivity index (χ4n) is 8.20. The van der Waals surface area contributed by atoms with Gasteiger partial charge < -0.3 is 19.1 Å². The molecule has 3 aromatic carbocycles. The number of aryl methyl sites for hydroxylation is 3. The summed E-state index contributed by atoms with van der Waals surface area (Å²) in [6.07, 6.45) is 2.49. The molecule has 8 rings (SSSR count). The molecule has 4 aromatic rings. The quantitative estimate of drug-likeness (QED) is 0.192. The van der Waals surface area contributed by atoms with Crippen LogP contribution in [0.3, 0.4) is 0 Å². The maximum Gasteiger partial charge on any atom is 0.262 e. The van der Waals surface area contributed by atoms with E-state index in [1.165, 1.54) is 0 Å². The van der Waals surface area contributed by atoms with Crippen LogP contribution in [0.25, 0.3) is 11.1 Å². The number of nitrogens with zero attached hydrogens (tertiary/aromatic N) is 5. The molecule has 276 valence electrons. The monoisotopic (exact) mass is 726 g/mol. The molecule has 54 heavy (non-hydrogen) atoms. The number of imide groups is 2. The molecule has 1 saturated carbocycles. The molecule has 3 fully saturated rings. The van der Waals surface area contributed by atoms with Gasteiger partial charge in [-0.1, -0.05) is 29.4 Å². The van der Waals surface area contributed by atoms with Gasteiger partial charge in [-0.15, -0.1) is 0 Å². The summed E-state index contributed by atoms with van der Waals surface area (Å²) in [5.74, 6) is -1.31. The minimum atomic E-state index is -1.00. The SMILES string of the molecule is Cc1ccc(-c2c(C)noc2C)cc1N(CC(C)O[C@H]1CCN(c2ccc3c(c2)C(=O)N(C2CCC(=O)NC2=O)C3=O)C1)c1ccc(C2(C#N)CC2)cc1. The molecule has 0 bridgehead atoms. The lowest BCUT2D eigenvalue weighted by molar-refractivity contribution is -0.136. The largest absolute Gasteiger partial charge is 0.372 e. The summed E-state index contributed by atoms with van der Waals surface area (Å²) < 4.78 is 12.2. The molecule has 3 atom stereocenters. The molecule has 1 aliphatic carbocycles. The summed E-state index contributed by atoms with van der Waals surface area (Å²) in [6, 6.07) is 21.4. The van der Waals surface area contributed by atoms with E-state index in [1.807, 2.05) is 19.9 Å². The van der Waals surface area contributed by atoms with E-state index in [0.29, 0.717) is 19.6 Å². The number of nitrogens with one attached hydrogen (secondary N) is 1. The fourth-order valence-corrected chi connectivity index (χ4v) is 8.20. The van der Waals surface area contributed by atoms with Crippen molar-refractivity contribution < 1.29 is 28.4 Å². The Kier molecular flexibility index (Phi) is 8.85. The van der Waals surface area contributed by atoms with Crippen molar-refractivity contribution in [1.29, 1.82) is 5.26 Å². The van der Waals surface area contributed by atoms with Crippen LogP contribution in [0.15, 0.2) is 65.2 Å². The molecule has 0 radical (unpaired) electrons. The first-order valence-electron chi connectivity index (χ1n) is 18.6. The van der Waals surface area contributed by atoms with Crippen LogP contribution in [0, 0.1) is 32.1 Å². The van der Waals surface area contributed by atoms with E-state index in [2.05, 4.69) is 82.7 Å². The summed E-state index contributed by atoms with van der Waals surface area (Å²) >= 11 is 0. The van der Waals surface area contributed by atoms with Crippen LogP contribution in [-0.4, -0.2) is 71.6 Å². The van der Waals surface area contributed by atoms with E-state index in [4.69, 9.17) is 9.26 Å². The number of ether oxygens (including phenoxy) is 1. The Bertz CT molecular complexity index is 2210. The molecule has 12 nitrogen and oxygen atoms in total. The highest BCUT2D eigenvalue weighted by atomic mass is 16.5. The van der Waals surface area contributed by atoms with Gasteiger partial charge in [0.1, 0.15) is 11.8 Å². The van der Waals surface area contributed by atoms with Gasteiger partial charge in [0.15, 0.2) is 0 Å². The third-order valence-electron chi connectivity index (χ3n) is 11.3. The highest BCUT2D eigenvalue weighted by Gasteiger charge is 2.46. The molecular formula is C42H42N6O6. The average molecular weight is 727 g/mol. The van der Waals surface area contributed by atoms with Crippen LogP contribution < -0.4 is 15.1 Å². The maximum atomic E-state index is 13.4. The number of anilines is 3. The number of piperidine rings is 1. The van der Waals surface area contributed by atoms with E-state index < -0.39 is 29.7 Å². The van der Waals surface area contributed by atoms with E-state index >= 15 is 0 Å². The van der Waals surface area contributed by atoms with E-state index in [1.54, 1.807) is 12.1 Å². The molecule has 1 aromatic heterocycles. The van der Waals surface area contributed by atoms with E-state index in [-0.39, 0.29) is 41.6 Å². The summed E-state index contributed by atoms with van der Waals surface area (Å²) in [4.78, 5) is 56.3. The lowest BCUT2D eigenvalue weighted by Gasteiger charge is -2.31. The van der Waals surface area contributed by atoms with E-state index in [9.17, 15) is 24.4 Å². The smallest absolute Gasteiger partial charge is 0.262 e. The number of hydrogen-bond acceptors (Lipinski definition) is 10. The molecular weight excluding hydrogens is 684 g/mol. The molecule has 4 amide bonds. The van der Waals surface area contributed by atoms with Crippen molar-refractivity contribution in [3.05, 3.63) is 94.4 Å². The fraction of sp³-hybridized carbons (Fsp3) is 0.381. The van der Waals surface area contributed by atoms with Crippen molar-refractivity contribution in [3.8, 4) is 17.2 Å². The Morgan fingerprint density at radius 2 is 1.76 bits per heavy atom. The number of fused-ring (bicyclic) bond motifs is 1. The second-order valence-corrected chi connectivity index (χ2v) is 15.0. The molecule has 0 spiro atoms. The van der Waals surface area contributed by atoms with Gasteiger partial charge in [-0.25, -0.2) is 0 Å². The van der Waals surface area contributed by atoms with Crippen molar-refractivity contribution in [2.75, 3.05) is 29.4 Å². The molecule has 1 N–H and O–H groups in total. The average Bonchev–Trinajstić information content (AvgIpc) is 3.61. The lowest BCUT2D eigenvalue weighted by Crippen LogP contribution is -2.54. The Labute approximate surface area is 313 Å². The number of hydrogen-bond donors (Lipinski definition) is 1. The Morgan fingerprint density at radius 3 is 2.44 bits per heavy atom. The number of carbonyl (C=O) groups is 4. The highest BCUT2D eigenvalue weighted by Crippen LogP contribution is 2.48. The molecule has 2 unspecified atom stereocenters.